The molecule has 0 spiro atoms. The zero-order valence-electron chi connectivity index (χ0n) is 38.5. The minimum Gasteiger partial charge on any atom is -0.465 e. The van der Waals surface area contributed by atoms with Crippen molar-refractivity contribution in [1.29, 1.82) is 0 Å². The van der Waals surface area contributed by atoms with Crippen molar-refractivity contribution in [3.05, 3.63) is 71.3 Å². The molecule has 4 heterocycles. The predicted molar refractivity (Wildman–Crippen MR) is 259 cm³/mol. The van der Waals surface area contributed by atoms with Gasteiger partial charge in [0.15, 0.2) is 0 Å². The van der Waals surface area contributed by atoms with Crippen LogP contribution in [-0.4, -0.2) is 103 Å². The Labute approximate surface area is 404 Å². The molecule has 9 amide bonds. The van der Waals surface area contributed by atoms with E-state index >= 15 is 0 Å². The van der Waals surface area contributed by atoms with Crippen LogP contribution >= 0.6 is 22.7 Å². The van der Waals surface area contributed by atoms with Crippen LogP contribution in [0.4, 0.5) is 54.1 Å². The van der Waals surface area contributed by atoms with E-state index in [2.05, 4.69) is 37.2 Å². The molecule has 6 rings (SSSR count). The summed E-state index contributed by atoms with van der Waals surface area (Å²) in [7, 11) is 0. The molecule has 2 aliphatic rings. The fourth-order valence-corrected chi connectivity index (χ4v) is 9.93. The number of hydrogen-bond donors (Lipinski definition) is 10. The van der Waals surface area contributed by atoms with E-state index in [-0.39, 0.29) is 57.7 Å². The molecule has 372 valence electrons. The highest BCUT2D eigenvalue weighted by Crippen LogP contribution is 2.39. The molecule has 0 bridgehead atoms. The number of nitrogens with two attached hydrogens (primary N) is 2. The monoisotopic (exact) mass is 998 g/mol. The molecule has 12 N–H and O–H groups in total. The number of anilines is 4. The van der Waals surface area contributed by atoms with Gasteiger partial charge in [0.05, 0.1) is 47.8 Å². The lowest BCUT2D eigenvalue weighted by Gasteiger charge is -2.46. The topological polar surface area (TPSA) is 298 Å². The standard InChI is InChI=1S/C25H32FN5O6S.C20H24FN5O4S/c1-5-37-23(34)29-16-9-8-13(11-15(16)26)18-12-14(21(38-18)30-22(27)33)20(32)28-17-7-6-10-31(24(35)36)19(17)25(2,3)4;1-2-30-20(29)25-15-6-5-11(8-14(15)21)16-9-13(18(31-16)26-19(22)28)17(27)24-12-4-3-7-23-10-12/h8-9,11-12,17,19H,5-7,10H2,1-4H3,(H,28,32)(H,29,34)(H,35,36)(H3,27,30,33);5-6,8-9,12,23H,2-4,7,10H2,1H3,(H,24,27)(H,25,29)(H3,22,26,28)/t17-,19?;/m0./s1. The van der Waals surface area contributed by atoms with Gasteiger partial charge in [-0.05, 0) is 99.0 Å². The average molecular weight is 999 g/mol. The summed E-state index contributed by atoms with van der Waals surface area (Å²) in [5, 5.41) is 28.8. The first kappa shape index (κ1) is 52.9. The quantitative estimate of drug-likeness (QED) is 0.0649. The number of likely N-dealkylation sites (tertiary alicyclic amines) is 1. The largest absolute Gasteiger partial charge is 0.465 e. The molecule has 69 heavy (non-hydrogen) atoms. The Hall–Kier alpha value is -7.05. The number of hydrogen-bond acceptors (Lipinski definition) is 12. The number of ether oxygens (including phenoxy) is 2. The molecular weight excluding hydrogens is 943 g/mol. The van der Waals surface area contributed by atoms with Crippen LogP contribution in [0.15, 0.2) is 48.5 Å². The fraction of sp³-hybridized carbons (Fsp3) is 0.400. The molecule has 20 nitrogen and oxygen atoms in total. The van der Waals surface area contributed by atoms with Crippen LogP contribution in [-0.2, 0) is 9.47 Å². The highest BCUT2D eigenvalue weighted by atomic mass is 32.1. The van der Waals surface area contributed by atoms with Gasteiger partial charge in [0.2, 0.25) is 0 Å². The summed E-state index contributed by atoms with van der Waals surface area (Å²) in [6, 6.07) is 8.75. The molecule has 3 atom stereocenters. The lowest BCUT2D eigenvalue weighted by molar-refractivity contribution is 0.0359. The normalized spacial score (nSPS) is 16.7. The molecule has 24 heteroatoms. The van der Waals surface area contributed by atoms with Gasteiger partial charge in [0.25, 0.3) is 11.8 Å². The number of nitrogens with zero attached hydrogens (tertiary/aromatic N) is 1. The molecule has 2 aromatic carbocycles. The summed E-state index contributed by atoms with van der Waals surface area (Å²) in [6.45, 7) is 11.3. The number of rotatable bonds is 12. The van der Waals surface area contributed by atoms with Gasteiger partial charge in [-0.25, -0.2) is 32.8 Å². The molecule has 2 saturated heterocycles. The van der Waals surface area contributed by atoms with Crippen molar-refractivity contribution >= 4 is 86.2 Å². The number of nitrogens with one attached hydrogen (secondary N) is 7. The molecule has 0 aliphatic carbocycles. The van der Waals surface area contributed by atoms with Crippen molar-refractivity contribution in [2.45, 2.75) is 78.4 Å². The Kier molecular flexibility index (Phi) is 18.2. The summed E-state index contributed by atoms with van der Waals surface area (Å²) in [5.74, 6) is -2.25. The maximum Gasteiger partial charge on any atom is 0.411 e. The molecule has 2 aliphatic heterocycles. The number of benzene rings is 2. The van der Waals surface area contributed by atoms with Crippen LogP contribution in [0.5, 0.6) is 0 Å². The Morgan fingerprint density at radius 2 is 1.23 bits per heavy atom. The highest BCUT2D eigenvalue weighted by Gasteiger charge is 2.42. The number of thiophene rings is 2. The van der Waals surface area contributed by atoms with Gasteiger partial charge in [0, 0.05) is 28.9 Å². The van der Waals surface area contributed by atoms with Gasteiger partial charge in [-0.2, -0.15) is 0 Å². The van der Waals surface area contributed by atoms with Crippen LogP contribution in [0.2, 0.25) is 0 Å². The first-order valence-corrected chi connectivity index (χ1v) is 23.5. The van der Waals surface area contributed by atoms with Crippen LogP contribution < -0.4 is 48.7 Å². The lowest BCUT2D eigenvalue weighted by atomic mass is 9.77. The summed E-state index contributed by atoms with van der Waals surface area (Å²) in [5.41, 5.74) is 11.2. The Balaban J connectivity index is 0.000000263. The first-order valence-electron chi connectivity index (χ1n) is 21.9. The van der Waals surface area contributed by atoms with E-state index in [0.29, 0.717) is 46.8 Å². The minimum absolute atomic E-state index is 0.0169. The number of primary amides is 2. The molecule has 0 saturated carbocycles. The van der Waals surface area contributed by atoms with Crippen LogP contribution in [0.25, 0.3) is 20.9 Å². The van der Waals surface area contributed by atoms with Gasteiger partial charge in [-0.15, -0.1) is 22.7 Å². The number of amides is 9. The summed E-state index contributed by atoms with van der Waals surface area (Å²) < 4.78 is 38.7. The third-order valence-electron chi connectivity index (χ3n) is 10.7. The summed E-state index contributed by atoms with van der Waals surface area (Å²) in [4.78, 5) is 86.6. The third kappa shape index (κ3) is 14.5. The number of carboxylic acid groups (broad SMARTS) is 1. The predicted octanol–water partition coefficient (Wildman–Crippen LogP) is 8.00. The molecule has 2 fully saturated rings. The van der Waals surface area contributed by atoms with Gasteiger partial charge < -0.3 is 46.9 Å². The summed E-state index contributed by atoms with van der Waals surface area (Å²) in [6.07, 6.45) is 0.366. The third-order valence-corrected chi connectivity index (χ3v) is 12.9. The maximum atomic E-state index is 14.7. The van der Waals surface area contributed by atoms with E-state index in [1.54, 1.807) is 32.0 Å². The zero-order valence-corrected chi connectivity index (χ0v) is 40.1. The van der Waals surface area contributed by atoms with Gasteiger partial charge in [-0.3, -0.25) is 30.9 Å². The van der Waals surface area contributed by atoms with Crippen molar-refractivity contribution in [3.63, 3.8) is 0 Å². The van der Waals surface area contributed by atoms with Gasteiger partial charge >= 0.3 is 30.3 Å². The SMILES string of the molecule is CCOC(=O)Nc1ccc(-c2cc(C(=O)NC3CCCNC3)c(NC(N)=O)s2)cc1F.CCOC(=O)Nc1ccc(-c2cc(C(=O)N[C@H]3CCCN(C(=O)O)C3C(C)(C)C)c(NC(N)=O)s2)cc1F. The van der Waals surface area contributed by atoms with E-state index in [1.807, 2.05) is 20.8 Å². The van der Waals surface area contributed by atoms with Gasteiger partial charge in [-0.1, -0.05) is 32.9 Å². The van der Waals surface area contributed by atoms with Crippen LogP contribution in [0.1, 0.15) is 81.0 Å². The zero-order chi connectivity index (χ0) is 50.6. The van der Waals surface area contributed by atoms with Gasteiger partial charge in [0.1, 0.15) is 21.6 Å². The highest BCUT2D eigenvalue weighted by molar-refractivity contribution is 7.20. The Bertz CT molecular complexity index is 2540. The molecular formula is C45H56F2N10O10S2. The smallest absolute Gasteiger partial charge is 0.411 e. The number of piperidine rings is 2. The van der Waals surface area contributed by atoms with Crippen molar-refractivity contribution < 1.29 is 56.9 Å². The van der Waals surface area contributed by atoms with E-state index < -0.39 is 65.4 Å². The fourth-order valence-electron chi connectivity index (χ4n) is 7.82. The molecule has 2 aromatic heterocycles. The number of carbonyl (C=O) groups excluding carboxylic acids is 6. The van der Waals surface area contributed by atoms with E-state index in [0.717, 1.165) is 42.1 Å². The second-order valence-corrected chi connectivity index (χ2v) is 18.9. The number of halogens is 2. The summed E-state index contributed by atoms with van der Waals surface area (Å²) >= 11 is 2.12. The van der Waals surface area contributed by atoms with Crippen LogP contribution in [0.3, 0.4) is 0 Å². The number of carbonyl (C=O) groups is 7. The maximum absolute atomic E-state index is 14.7. The van der Waals surface area contributed by atoms with E-state index in [9.17, 15) is 47.4 Å². The lowest BCUT2D eigenvalue weighted by Crippen LogP contribution is -2.61. The number of urea groups is 2. The van der Waals surface area contributed by atoms with Crippen molar-refractivity contribution in [2.24, 2.45) is 16.9 Å². The van der Waals surface area contributed by atoms with Crippen molar-refractivity contribution in [3.8, 4) is 20.9 Å². The Morgan fingerprint density at radius 1 is 0.739 bits per heavy atom. The molecule has 2 unspecified atom stereocenters. The molecule has 4 aromatic rings. The van der Waals surface area contributed by atoms with Crippen molar-refractivity contribution in [2.75, 3.05) is 54.1 Å². The average Bonchev–Trinajstić information content (AvgIpc) is 3.89. The van der Waals surface area contributed by atoms with E-state index in [1.165, 1.54) is 35.2 Å². The molecule has 0 radical (unpaired) electrons. The van der Waals surface area contributed by atoms with E-state index in [4.69, 9.17) is 20.9 Å². The second-order valence-electron chi connectivity index (χ2n) is 16.8. The minimum atomic E-state index is -1.05. The first-order chi connectivity index (χ1) is 32.7. The van der Waals surface area contributed by atoms with Crippen molar-refractivity contribution in [1.82, 2.24) is 20.9 Å². The second kappa shape index (κ2) is 23.8. The van der Waals surface area contributed by atoms with Crippen LogP contribution in [0, 0.1) is 17.0 Å². The Morgan fingerprint density at radius 3 is 1.64 bits per heavy atom.